The second-order valence-corrected chi connectivity index (χ2v) is 9.40. The van der Waals surface area contributed by atoms with Gasteiger partial charge in [-0.3, -0.25) is 4.79 Å². The third-order valence-electron chi connectivity index (χ3n) is 5.62. The topological polar surface area (TPSA) is 54.5 Å². The van der Waals surface area contributed by atoms with Crippen LogP contribution < -0.4 is 0 Å². The van der Waals surface area contributed by atoms with E-state index in [1.807, 2.05) is 6.92 Å². The van der Waals surface area contributed by atoms with Crippen LogP contribution in [0.3, 0.4) is 0 Å². The molecule has 4 nitrogen and oxygen atoms in total. The summed E-state index contributed by atoms with van der Waals surface area (Å²) in [6.45, 7) is 6.62. The number of carbonyl (C=O) groups excluding carboxylic acids is 1. The molecule has 146 valence electrons. The molecule has 1 aromatic carbocycles. The van der Waals surface area contributed by atoms with E-state index < -0.39 is 9.84 Å². The molecule has 0 spiro atoms. The van der Waals surface area contributed by atoms with Crippen LogP contribution in [-0.4, -0.2) is 43.3 Å². The van der Waals surface area contributed by atoms with Gasteiger partial charge >= 0.3 is 0 Å². The number of benzene rings is 1. The van der Waals surface area contributed by atoms with E-state index in [0.29, 0.717) is 25.3 Å². The van der Waals surface area contributed by atoms with Gasteiger partial charge in [0.25, 0.3) is 0 Å². The van der Waals surface area contributed by atoms with Crippen LogP contribution in [0.2, 0.25) is 0 Å². The van der Waals surface area contributed by atoms with Crippen molar-refractivity contribution in [3.63, 3.8) is 0 Å². The molecule has 1 amide bonds. The number of sulfone groups is 1. The van der Waals surface area contributed by atoms with E-state index in [-0.39, 0.29) is 35.2 Å². The van der Waals surface area contributed by atoms with Gasteiger partial charge in [0, 0.05) is 19.0 Å². The van der Waals surface area contributed by atoms with Crippen molar-refractivity contribution in [2.75, 3.05) is 18.1 Å². The maximum atomic E-state index is 13.3. The summed E-state index contributed by atoms with van der Waals surface area (Å²) in [6, 6.07) is 6.20. The van der Waals surface area contributed by atoms with E-state index >= 15 is 0 Å². The van der Waals surface area contributed by atoms with Crippen LogP contribution in [0.4, 0.5) is 4.39 Å². The highest BCUT2D eigenvalue weighted by Crippen LogP contribution is 2.34. The molecule has 2 rings (SSSR count). The van der Waals surface area contributed by atoms with Gasteiger partial charge in [0.2, 0.25) is 5.91 Å². The van der Waals surface area contributed by atoms with Crippen LogP contribution in [0.1, 0.15) is 57.9 Å². The lowest BCUT2D eigenvalue weighted by molar-refractivity contribution is -0.133. The Labute approximate surface area is 156 Å². The van der Waals surface area contributed by atoms with Gasteiger partial charge in [0.15, 0.2) is 9.84 Å². The monoisotopic (exact) mass is 383 g/mol. The largest absolute Gasteiger partial charge is 0.339 e. The first-order chi connectivity index (χ1) is 12.3. The summed E-state index contributed by atoms with van der Waals surface area (Å²) < 4.78 is 36.9. The molecule has 2 unspecified atom stereocenters. The van der Waals surface area contributed by atoms with Gasteiger partial charge in [-0.15, -0.1) is 0 Å². The Kier molecular flexibility index (Phi) is 7.21. The zero-order chi connectivity index (χ0) is 19.3. The van der Waals surface area contributed by atoms with Crippen molar-refractivity contribution in [2.24, 2.45) is 5.92 Å². The molecule has 1 aliphatic heterocycles. The third kappa shape index (κ3) is 5.06. The van der Waals surface area contributed by atoms with Gasteiger partial charge in [-0.25, -0.2) is 12.8 Å². The van der Waals surface area contributed by atoms with Crippen LogP contribution in [0, 0.1) is 11.7 Å². The molecule has 1 aromatic rings. The number of amides is 1. The molecule has 1 fully saturated rings. The molecule has 1 saturated heterocycles. The van der Waals surface area contributed by atoms with Gasteiger partial charge in [0.1, 0.15) is 5.82 Å². The fourth-order valence-electron chi connectivity index (χ4n) is 4.09. The minimum atomic E-state index is -3.03. The predicted molar refractivity (Wildman–Crippen MR) is 102 cm³/mol. The Morgan fingerprint density at radius 2 is 1.81 bits per heavy atom. The number of nitrogens with zero attached hydrogens (tertiary/aromatic N) is 1. The van der Waals surface area contributed by atoms with E-state index in [1.165, 1.54) is 12.1 Å². The summed E-state index contributed by atoms with van der Waals surface area (Å²) in [6.07, 6.45) is 2.74. The zero-order valence-corrected chi connectivity index (χ0v) is 16.8. The van der Waals surface area contributed by atoms with Crippen LogP contribution in [0.25, 0.3) is 0 Å². The SMILES string of the molecule is CCC(CC)C(CC(=O)N(CC)C1CCS(=O)(=O)C1)c1ccc(F)cc1. The highest BCUT2D eigenvalue weighted by atomic mass is 32.2. The maximum Gasteiger partial charge on any atom is 0.223 e. The Morgan fingerprint density at radius 3 is 2.27 bits per heavy atom. The molecule has 0 bridgehead atoms. The van der Waals surface area contributed by atoms with Crippen molar-refractivity contribution in [1.29, 1.82) is 0 Å². The van der Waals surface area contributed by atoms with E-state index in [2.05, 4.69) is 13.8 Å². The van der Waals surface area contributed by atoms with Crippen molar-refractivity contribution in [3.05, 3.63) is 35.6 Å². The van der Waals surface area contributed by atoms with Crippen LogP contribution in [0.15, 0.2) is 24.3 Å². The first-order valence-corrected chi connectivity index (χ1v) is 11.4. The summed E-state index contributed by atoms with van der Waals surface area (Å²) in [7, 11) is -3.03. The average molecular weight is 384 g/mol. The highest BCUT2D eigenvalue weighted by Gasteiger charge is 2.35. The Hall–Kier alpha value is -1.43. The summed E-state index contributed by atoms with van der Waals surface area (Å²) in [4.78, 5) is 14.7. The maximum absolute atomic E-state index is 13.3. The number of halogens is 1. The molecule has 0 aliphatic carbocycles. The van der Waals surface area contributed by atoms with E-state index in [0.717, 1.165) is 18.4 Å². The van der Waals surface area contributed by atoms with E-state index in [1.54, 1.807) is 17.0 Å². The van der Waals surface area contributed by atoms with E-state index in [4.69, 9.17) is 0 Å². The van der Waals surface area contributed by atoms with Gasteiger partial charge < -0.3 is 4.90 Å². The number of carbonyl (C=O) groups is 1. The summed E-state index contributed by atoms with van der Waals surface area (Å²) in [5.74, 6) is 0.292. The Morgan fingerprint density at radius 1 is 1.19 bits per heavy atom. The van der Waals surface area contributed by atoms with Gasteiger partial charge in [-0.2, -0.15) is 0 Å². The first-order valence-electron chi connectivity index (χ1n) is 9.56. The Balaban J connectivity index is 2.20. The van der Waals surface area contributed by atoms with Crippen molar-refractivity contribution in [3.8, 4) is 0 Å². The number of hydrogen-bond donors (Lipinski definition) is 0. The van der Waals surface area contributed by atoms with Crippen molar-refractivity contribution in [2.45, 2.75) is 58.4 Å². The van der Waals surface area contributed by atoms with Crippen molar-refractivity contribution in [1.82, 2.24) is 4.90 Å². The molecular formula is C20H30FNO3S. The molecule has 0 aromatic heterocycles. The van der Waals surface area contributed by atoms with Crippen LogP contribution in [0.5, 0.6) is 0 Å². The van der Waals surface area contributed by atoms with Gasteiger partial charge in [-0.05, 0) is 42.9 Å². The molecular weight excluding hydrogens is 353 g/mol. The number of rotatable bonds is 8. The molecule has 0 radical (unpaired) electrons. The molecule has 2 atom stereocenters. The smallest absolute Gasteiger partial charge is 0.223 e. The summed E-state index contributed by atoms with van der Waals surface area (Å²) in [5.41, 5.74) is 0.976. The minimum absolute atomic E-state index is 0.00387. The lowest BCUT2D eigenvalue weighted by atomic mass is 9.80. The van der Waals surface area contributed by atoms with Crippen LogP contribution >= 0.6 is 0 Å². The molecule has 6 heteroatoms. The fourth-order valence-corrected chi connectivity index (χ4v) is 5.82. The van der Waals surface area contributed by atoms with Gasteiger partial charge in [0.05, 0.1) is 11.5 Å². The minimum Gasteiger partial charge on any atom is -0.339 e. The van der Waals surface area contributed by atoms with Crippen LogP contribution in [-0.2, 0) is 14.6 Å². The molecule has 26 heavy (non-hydrogen) atoms. The quantitative estimate of drug-likeness (QED) is 0.687. The summed E-state index contributed by atoms with van der Waals surface area (Å²) in [5, 5.41) is 0. The van der Waals surface area contributed by atoms with Crippen molar-refractivity contribution >= 4 is 15.7 Å². The third-order valence-corrected chi connectivity index (χ3v) is 7.37. The standard InChI is InChI=1S/C20H30FNO3S/c1-4-15(5-2)19(16-7-9-17(21)10-8-16)13-20(23)22(6-3)18-11-12-26(24,25)14-18/h7-10,15,18-19H,4-6,11-14H2,1-3H3. The lowest BCUT2D eigenvalue weighted by Gasteiger charge is -2.31. The number of hydrogen-bond acceptors (Lipinski definition) is 3. The Bertz CT molecular complexity index is 698. The second-order valence-electron chi connectivity index (χ2n) is 7.18. The normalized spacial score (nSPS) is 20.3. The zero-order valence-electron chi connectivity index (χ0n) is 15.9. The highest BCUT2D eigenvalue weighted by molar-refractivity contribution is 7.91. The molecule has 0 saturated carbocycles. The fraction of sp³-hybridized carbons (Fsp3) is 0.650. The van der Waals surface area contributed by atoms with Gasteiger partial charge in [-0.1, -0.05) is 38.8 Å². The molecule has 0 N–H and O–H groups in total. The first kappa shape index (κ1) is 20.9. The van der Waals surface area contributed by atoms with E-state index in [9.17, 15) is 17.6 Å². The molecule has 1 aliphatic rings. The average Bonchev–Trinajstić information content (AvgIpc) is 2.96. The predicted octanol–water partition coefficient (Wildman–Crippen LogP) is 3.77. The lowest BCUT2D eigenvalue weighted by Crippen LogP contribution is -2.41. The summed E-state index contributed by atoms with van der Waals surface area (Å²) >= 11 is 0. The second kappa shape index (κ2) is 8.98. The molecule has 1 heterocycles. The van der Waals surface area contributed by atoms with Crippen molar-refractivity contribution < 1.29 is 17.6 Å².